The molecule has 5 heteroatoms. The summed E-state index contributed by atoms with van der Waals surface area (Å²) in [5.74, 6) is -0.331. The predicted molar refractivity (Wildman–Crippen MR) is 79.8 cm³/mol. The van der Waals surface area contributed by atoms with E-state index in [9.17, 15) is 9.18 Å². The number of benzene rings is 1. The average Bonchev–Trinajstić information content (AvgIpc) is 2.62. The van der Waals surface area contributed by atoms with Crippen LogP contribution in [0.1, 0.15) is 46.0 Å². The highest BCUT2D eigenvalue weighted by molar-refractivity contribution is 5.76. The molecule has 4 nitrogen and oxygen atoms in total. The molecule has 0 aliphatic heterocycles. The molecule has 0 spiro atoms. The SMILES string of the molecule is CC(C)n1c(CC(C)(C)CC(=O)O)nc2cc(F)ccc21. The van der Waals surface area contributed by atoms with E-state index in [1.54, 1.807) is 6.07 Å². The van der Waals surface area contributed by atoms with Crippen molar-refractivity contribution < 1.29 is 14.3 Å². The standard InChI is InChI=1S/C16H21FN2O2/c1-10(2)19-13-6-5-11(17)7-12(13)18-14(19)8-16(3,4)9-15(20)21/h5-7,10H,8-9H2,1-4H3,(H,20,21). The third kappa shape index (κ3) is 3.40. The topological polar surface area (TPSA) is 55.1 Å². The molecule has 1 N–H and O–H groups in total. The number of aliphatic carboxylic acids is 1. The monoisotopic (exact) mass is 292 g/mol. The Labute approximate surface area is 123 Å². The molecule has 2 rings (SSSR count). The minimum Gasteiger partial charge on any atom is -0.481 e. The van der Waals surface area contributed by atoms with Crippen LogP contribution in [0.4, 0.5) is 4.39 Å². The molecule has 0 fully saturated rings. The molecule has 1 aromatic carbocycles. The zero-order valence-electron chi connectivity index (χ0n) is 12.9. The Bertz CT molecular complexity index is 674. The Morgan fingerprint density at radius 2 is 2.10 bits per heavy atom. The van der Waals surface area contributed by atoms with Crippen molar-refractivity contribution in [3.8, 4) is 0 Å². The van der Waals surface area contributed by atoms with Crippen LogP contribution in [0.3, 0.4) is 0 Å². The number of carbonyl (C=O) groups is 1. The number of imidazole rings is 1. The summed E-state index contributed by atoms with van der Waals surface area (Å²) in [7, 11) is 0. The normalized spacial score (nSPS) is 12.3. The highest BCUT2D eigenvalue weighted by Crippen LogP contribution is 2.29. The Morgan fingerprint density at radius 1 is 1.43 bits per heavy atom. The molecule has 21 heavy (non-hydrogen) atoms. The smallest absolute Gasteiger partial charge is 0.303 e. The number of nitrogens with zero attached hydrogens (tertiary/aromatic N) is 2. The van der Waals surface area contributed by atoms with E-state index in [4.69, 9.17) is 5.11 Å². The van der Waals surface area contributed by atoms with Gasteiger partial charge < -0.3 is 9.67 Å². The van der Waals surface area contributed by atoms with Gasteiger partial charge in [-0.1, -0.05) is 13.8 Å². The minimum absolute atomic E-state index is 0.0721. The zero-order valence-corrected chi connectivity index (χ0v) is 12.9. The number of carboxylic acids is 1. The van der Waals surface area contributed by atoms with E-state index in [1.165, 1.54) is 12.1 Å². The number of aromatic nitrogens is 2. The van der Waals surface area contributed by atoms with Crippen LogP contribution in [0.15, 0.2) is 18.2 Å². The molecule has 1 aromatic heterocycles. The van der Waals surface area contributed by atoms with Gasteiger partial charge in [0.1, 0.15) is 11.6 Å². The van der Waals surface area contributed by atoms with E-state index in [-0.39, 0.29) is 18.3 Å². The first-order chi connectivity index (χ1) is 9.69. The molecule has 0 bridgehead atoms. The predicted octanol–water partition coefficient (Wildman–Crippen LogP) is 3.80. The van der Waals surface area contributed by atoms with Crippen molar-refractivity contribution in [2.24, 2.45) is 5.41 Å². The van der Waals surface area contributed by atoms with Crippen LogP contribution in [-0.2, 0) is 11.2 Å². The lowest BCUT2D eigenvalue weighted by molar-refractivity contribution is -0.139. The van der Waals surface area contributed by atoms with Crippen molar-refractivity contribution in [1.29, 1.82) is 0 Å². The third-order valence-corrected chi connectivity index (χ3v) is 3.51. The maximum absolute atomic E-state index is 13.4. The second-order valence-electron chi connectivity index (χ2n) is 6.54. The van der Waals surface area contributed by atoms with Gasteiger partial charge >= 0.3 is 5.97 Å². The Morgan fingerprint density at radius 3 is 2.67 bits per heavy atom. The molecule has 0 saturated heterocycles. The van der Waals surface area contributed by atoms with Crippen molar-refractivity contribution in [1.82, 2.24) is 9.55 Å². The van der Waals surface area contributed by atoms with Crippen molar-refractivity contribution in [3.63, 3.8) is 0 Å². The molecular formula is C16H21FN2O2. The van der Waals surface area contributed by atoms with E-state index in [0.717, 1.165) is 11.3 Å². The Balaban J connectivity index is 2.48. The van der Waals surface area contributed by atoms with Crippen molar-refractivity contribution in [3.05, 3.63) is 29.8 Å². The molecule has 0 aliphatic rings. The number of hydrogen-bond donors (Lipinski definition) is 1. The van der Waals surface area contributed by atoms with E-state index in [0.29, 0.717) is 11.9 Å². The third-order valence-electron chi connectivity index (χ3n) is 3.51. The summed E-state index contributed by atoms with van der Waals surface area (Å²) in [6.45, 7) is 7.90. The average molecular weight is 292 g/mol. The fourth-order valence-corrected chi connectivity index (χ4v) is 2.72. The minimum atomic E-state index is -0.821. The van der Waals surface area contributed by atoms with E-state index >= 15 is 0 Å². The van der Waals surface area contributed by atoms with Gasteiger partial charge in [0.15, 0.2) is 0 Å². The molecule has 0 amide bonds. The lowest BCUT2D eigenvalue weighted by Crippen LogP contribution is -2.22. The number of fused-ring (bicyclic) bond motifs is 1. The summed E-state index contributed by atoms with van der Waals surface area (Å²) in [6.07, 6.45) is 0.608. The summed E-state index contributed by atoms with van der Waals surface area (Å²) in [5.41, 5.74) is 1.09. The van der Waals surface area contributed by atoms with Gasteiger partial charge in [0.2, 0.25) is 0 Å². The van der Waals surface area contributed by atoms with E-state index < -0.39 is 11.4 Å². The molecule has 0 unspecified atom stereocenters. The van der Waals surface area contributed by atoms with Crippen LogP contribution in [0.2, 0.25) is 0 Å². The second-order valence-corrected chi connectivity index (χ2v) is 6.54. The second kappa shape index (κ2) is 5.47. The molecule has 114 valence electrons. The van der Waals surface area contributed by atoms with Crippen LogP contribution in [0.5, 0.6) is 0 Å². The number of hydrogen-bond acceptors (Lipinski definition) is 2. The van der Waals surface area contributed by atoms with E-state index in [1.807, 2.05) is 27.7 Å². The van der Waals surface area contributed by atoms with Gasteiger partial charge in [0, 0.05) is 18.5 Å². The first kappa shape index (κ1) is 15.5. The van der Waals surface area contributed by atoms with Crippen LogP contribution in [0.25, 0.3) is 11.0 Å². The lowest BCUT2D eigenvalue weighted by Gasteiger charge is -2.23. The van der Waals surface area contributed by atoms with Gasteiger partial charge in [-0.25, -0.2) is 9.37 Å². The zero-order chi connectivity index (χ0) is 15.8. The highest BCUT2D eigenvalue weighted by atomic mass is 19.1. The summed E-state index contributed by atoms with van der Waals surface area (Å²) < 4.78 is 15.4. The number of halogens is 1. The van der Waals surface area contributed by atoms with E-state index in [2.05, 4.69) is 9.55 Å². The molecular weight excluding hydrogens is 271 g/mol. The van der Waals surface area contributed by atoms with Crippen LogP contribution in [-0.4, -0.2) is 20.6 Å². The van der Waals surface area contributed by atoms with Gasteiger partial charge in [0.25, 0.3) is 0 Å². The summed E-state index contributed by atoms with van der Waals surface area (Å²) in [5, 5.41) is 9.00. The summed E-state index contributed by atoms with van der Waals surface area (Å²) in [6, 6.07) is 4.75. The Kier molecular flexibility index (Phi) is 4.03. The number of rotatable bonds is 5. The van der Waals surface area contributed by atoms with Gasteiger partial charge in [-0.2, -0.15) is 0 Å². The molecule has 1 heterocycles. The first-order valence-electron chi connectivity index (χ1n) is 7.08. The van der Waals surface area contributed by atoms with Gasteiger partial charge in [-0.15, -0.1) is 0 Å². The van der Waals surface area contributed by atoms with Crippen molar-refractivity contribution >= 4 is 17.0 Å². The first-order valence-corrected chi connectivity index (χ1v) is 7.08. The molecule has 0 saturated carbocycles. The summed E-state index contributed by atoms with van der Waals surface area (Å²) in [4.78, 5) is 15.5. The fraction of sp³-hybridized carbons (Fsp3) is 0.500. The van der Waals surface area contributed by atoms with Crippen molar-refractivity contribution in [2.45, 2.75) is 46.6 Å². The maximum Gasteiger partial charge on any atom is 0.303 e. The molecule has 0 radical (unpaired) electrons. The van der Waals surface area contributed by atoms with Crippen LogP contribution < -0.4 is 0 Å². The quantitative estimate of drug-likeness (QED) is 0.912. The molecule has 0 aliphatic carbocycles. The lowest BCUT2D eigenvalue weighted by atomic mass is 9.85. The molecule has 2 aromatic rings. The fourth-order valence-electron chi connectivity index (χ4n) is 2.72. The largest absolute Gasteiger partial charge is 0.481 e. The summed E-state index contributed by atoms with van der Waals surface area (Å²) >= 11 is 0. The van der Waals surface area contributed by atoms with Gasteiger partial charge in [-0.3, -0.25) is 4.79 Å². The highest BCUT2D eigenvalue weighted by Gasteiger charge is 2.26. The van der Waals surface area contributed by atoms with Gasteiger partial charge in [0.05, 0.1) is 17.5 Å². The van der Waals surface area contributed by atoms with Gasteiger partial charge in [-0.05, 0) is 31.4 Å². The molecule has 0 atom stereocenters. The Hall–Kier alpha value is -1.91. The number of carboxylic acid groups (broad SMARTS) is 1. The van der Waals surface area contributed by atoms with Crippen LogP contribution >= 0.6 is 0 Å². The maximum atomic E-state index is 13.4. The van der Waals surface area contributed by atoms with Crippen molar-refractivity contribution in [2.75, 3.05) is 0 Å². The van der Waals surface area contributed by atoms with Crippen LogP contribution in [0, 0.1) is 11.2 Å².